The summed E-state index contributed by atoms with van der Waals surface area (Å²) in [5.41, 5.74) is 0.476. The summed E-state index contributed by atoms with van der Waals surface area (Å²) in [6.07, 6.45) is 0. The quantitative estimate of drug-likeness (QED) is 0.817. The van der Waals surface area contributed by atoms with Gasteiger partial charge in [0, 0.05) is 12.6 Å². The second-order valence-corrected chi connectivity index (χ2v) is 4.64. The molecule has 2 aromatic rings. The fraction of sp³-hybridized carbons (Fsp3) is 0.308. The number of aromatic amines is 1. The molecule has 1 amide bonds. The largest absolute Gasteiger partial charge is 0.493 e. The van der Waals surface area contributed by atoms with Crippen molar-refractivity contribution in [1.82, 2.24) is 20.1 Å². The second-order valence-electron chi connectivity index (χ2n) is 4.26. The Kier molecular flexibility index (Phi) is 4.59. The molecule has 2 N–H and O–H groups in total. The van der Waals surface area contributed by atoms with Crippen molar-refractivity contribution in [3.63, 3.8) is 0 Å². The highest BCUT2D eigenvalue weighted by atomic mass is 32.1. The summed E-state index contributed by atoms with van der Waals surface area (Å²) in [5, 5.41) is 9.46. The van der Waals surface area contributed by atoms with Gasteiger partial charge in [0.05, 0.1) is 20.8 Å². The predicted octanol–water partition coefficient (Wildman–Crippen LogP) is 1.42. The molecule has 1 heterocycles. The number of methoxy groups -OCH3 is 2. The van der Waals surface area contributed by atoms with Gasteiger partial charge in [0.25, 0.3) is 5.91 Å². The maximum atomic E-state index is 12.1. The number of aromatic nitrogens is 3. The summed E-state index contributed by atoms with van der Waals surface area (Å²) in [6, 6.07) is 4.97. The van der Waals surface area contributed by atoms with Crippen molar-refractivity contribution in [3.05, 3.63) is 34.4 Å². The first-order chi connectivity index (χ1) is 10.1. The second kappa shape index (κ2) is 6.40. The fourth-order valence-electron chi connectivity index (χ4n) is 1.78. The summed E-state index contributed by atoms with van der Waals surface area (Å²) in [5.74, 6) is 1.49. The molecule has 0 radical (unpaired) electrons. The van der Waals surface area contributed by atoms with E-state index in [4.69, 9.17) is 21.7 Å². The van der Waals surface area contributed by atoms with E-state index in [9.17, 15) is 4.79 Å². The standard InChI is InChI=1S/C13H16N4O3S/c1-17-11(15-16-13(17)21)7-14-12(18)8-4-5-9(19-2)10(6-8)20-3/h4-6H,7H2,1-3H3,(H,14,18)(H,16,21). The van der Waals surface area contributed by atoms with E-state index in [2.05, 4.69) is 15.5 Å². The van der Waals surface area contributed by atoms with Gasteiger partial charge in [0.1, 0.15) is 0 Å². The van der Waals surface area contributed by atoms with Crippen LogP contribution in [0.5, 0.6) is 11.5 Å². The molecule has 0 aliphatic heterocycles. The lowest BCUT2D eigenvalue weighted by Crippen LogP contribution is -2.24. The summed E-state index contributed by atoms with van der Waals surface area (Å²) in [4.78, 5) is 12.1. The first-order valence-electron chi connectivity index (χ1n) is 6.17. The molecule has 0 bridgehead atoms. The van der Waals surface area contributed by atoms with Crippen LogP contribution in [-0.2, 0) is 13.6 Å². The molecule has 112 valence electrons. The number of benzene rings is 1. The van der Waals surface area contributed by atoms with Crippen LogP contribution in [0, 0.1) is 4.77 Å². The van der Waals surface area contributed by atoms with Crippen molar-refractivity contribution in [3.8, 4) is 11.5 Å². The number of carbonyl (C=O) groups excluding carboxylic acids is 1. The number of carbonyl (C=O) groups is 1. The summed E-state index contributed by atoms with van der Waals surface area (Å²) in [7, 11) is 4.85. The molecule has 0 unspecified atom stereocenters. The molecule has 0 spiro atoms. The topological polar surface area (TPSA) is 81.2 Å². The lowest BCUT2D eigenvalue weighted by atomic mass is 10.2. The lowest BCUT2D eigenvalue weighted by molar-refractivity contribution is 0.0949. The normalized spacial score (nSPS) is 10.2. The smallest absolute Gasteiger partial charge is 0.251 e. The Morgan fingerprint density at radius 3 is 2.67 bits per heavy atom. The van der Waals surface area contributed by atoms with Gasteiger partial charge in [-0.05, 0) is 30.4 Å². The monoisotopic (exact) mass is 308 g/mol. The van der Waals surface area contributed by atoms with Gasteiger partial charge in [-0.3, -0.25) is 9.89 Å². The van der Waals surface area contributed by atoms with Crippen molar-refractivity contribution in [2.45, 2.75) is 6.54 Å². The number of hydrogen-bond acceptors (Lipinski definition) is 5. The number of nitrogens with zero attached hydrogens (tertiary/aromatic N) is 2. The van der Waals surface area contributed by atoms with Gasteiger partial charge in [0.15, 0.2) is 22.1 Å². The van der Waals surface area contributed by atoms with E-state index >= 15 is 0 Å². The zero-order valence-electron chi connectivity index (χ0n) is 12.0. The minimum absolute atomic E-state index is 0.232. The Balaban J connectivity index is 2.10. The molecular weight excluding hydrogens is 292 g/mol. The Labute approximate surface area is 126 Å². The minimum Gasteiger partial charge on any atom is -0.493 e. The lowest BCUT2D eigenvalue weighted by Gasteiger charge is -2.09. The molecule has 0 atom stereocenters. The molecular formula is C13H16N4O3S. The Morgan fingerprint density at radius 2 is 2.10 bits per heavy atom. The van der Waals surface area contributed by atoms with Crippen LogP contribution in [-0.4, -0.2) is 34.9 Å². The third-order valence-corrected chi connectivity index (χ3v) is 3.39. The van der Waals surface area contributed by atoms with Crippen LogP contribution < -0.4 is 14.8 Å². The van der Waals surface area contributed by atoms with Crippen LogP contribution in [0.4, 0.5) is 0 Å². The SMILES string of the molecule is COc1ccc(C(=O)NCc2n[nH]c(=S)n2C)cc1OC. The third-order valence-electron chi connectivity index (χ3n) is 3.03. The van der Waals surface area contributed by atoms with Gasteiger partial charge in [-0.25, -0.2) is 0 Å². The average molecular weight is 308 g/mol. The van der Waals surface area contributed by atoms with Crippen molar-refractivity contribution in [2.75, 3.05) is 14.2 Å². The minimum atomic E-state index is -0.232. The first-order valence-corrected chi connectivity index (χ1v) is 6.58. The molecule has 1 aromatic heterocycles. The van der Waals surface area contributed by atoms with E-state index in [1.165, 1.54) is 7.11 Å². The zero-order valence-corrected chi connectivity index (χ0v) is 12.8. The highest BCUT2D eigenvalue weighted by molar-refractivity contribution is 7.71. The van der Waals surface area contributed by atoms with Gasteiger partial charge < -0.3 is 19.4 Å². The summed E-state index contributed by atoms with van der Waals surface area (Å²) < 4.78 is 12.5. The molecule has 2 rings (SSSR count). The highest BCUT2D eigenvalue weighted by Gasteiger charge is 2.11. The molecule has 0 fully saturated rings. The van der Waals surface area contributed by atoms with Crippen LogP contribution in [0.3, 0.4) is 0 Å². The first kappa shape index (κ1) is 15.0. The van der Waals surface area contributed by atoms with Crippen molar-refractivity contribution in [1.29, 1.82) is 0 Å². The summed E-state index contributed by atoms with van der Waals surface area (Å²) in [6.45, 7) is 0.275. The van der Waals surface area contributed by atoms with E-state index in [1.54, 1.807) is 36.9 Å². The van der Waals surface area contributed by atoms with Gasteiger partial charge in [0.2, 0.25) is 0 Å². The molecule has 0 aliphatic carbocycles. The zero-order chi connectivity index (χ0) is 15.4. The predicted molar refractivity (Wildman–Crippen MR) is 79.1 cm³/mol. The van der Waals surface area contributed by atoms with Crippen molar-refractivity contribution < 1.29 is 14.3 Å². The molecule has 8 heteroatoms. The van der Waals surface area contributed by atoms with Gasteiger partial charge >= 0.3 is 0 Å². The molecule has 0 aliphatic rings. The van der Waals surface area contributed by atoms with E-state index in [-0.39, 0.29) is 12.5 Å². The van der Waals surface area contributed by atoms with Crippen LogP contribution in [0.2, 0.25) is 0 Å². The number of H-pyrrole nitrogens is 1. The number of amides is 1. The van der Waals surface area contributed by atoms with E-state index in [0.29, 0.717) is 27.7 Å². The number of ether oxygens (including phenoxy) is 2. The fourth-order valence-corrected chi connectivity index (χ4v) is 1.93. The maximum absolute atomic E-state index is 12.1. The van der Waals surface area contributed by atoms with Crippen LogP contribution in [0.25, 0.3) is 0 Å². The summed E-state index contributed by atoms with van der Waals surface area (Å²) >= 11 is 5.01. The maximum Gasteiger partial charge on any atom is 0.251 e. The number of rotatable bonds is 5. The van der Waals surface area contributed by atoms with Gasteiger partial charge in [-0.2, -0.15) is 5.10 Å². The molecule has 0 saturated heterocycles. The van der Waals surface area contributed by atoms with Gasteiger partial charge in [-0.1, -0.05) is 0 Å². The van der Waals surface area contributed by atoms with E-state index in [0.717, 1.165) is 0 Å². The highest BCUT2D eigenvalue weighted by Crippen LogP contribution is 2.27. The van der Waals surface area contributed by atoms with E-state index < -0.39 is 0 Å². The van der Waals surface area contributed by atoms with E-state index in [1.807, 2.05) is 0 Å². The average Bonchev–Trinajstić information content (AvgIpc) is 2.83. The third kappa shape index (κ3) is 3.22. The molecule has 21 heavy (non-hydrogen) atoms. The molecule has 0 saturated carbocycles. The van der Waals surface area contributed by atoms with Crippen LogP contribution in [0.15, 0.2) is 18.2 Å². The number of nitrogens with one attached hydrogen (secondary N) is 2. The Bertz CT molecular complexity index is 708. The Morgan fingerprint density at radius 1 is 1.38 bits per heavy atom. The van der Waals surface area contributed by atoms with Gasteiger partial charge in [-0.15, -0.1) is 0 Å². The number of hydrogen-bond donors (Lipinski definition) is 2. The van der Waals surface area contributed by atoms with Crippen molar-refractivity contribution >= 4 is 18.1 Å². The van der Waals surface area contributed by atoms with Crippen LogP contribution in [0.1, 0.15) is 16.2 Å². The van der Waals surface area contributed by atoms with Crippen LogP contribution >= 0.6 is 12.2 Å². The molecule has 7 nitrogen and oxygen atoms in total. The van der Waals surface area contributed by atoms with Crippen molar-refractivity contribution in [2.24, 2.45) is 7.05 Å². The Hall–Kier alpha value is -2.35. The molecule has 1 aromatic carbocycles.